The summed E-state index contributed by atoms with van der Waals surface area (Å²) in [6.07, 6.45) is 7.64. The smallest absolute Gasteiger partial charge is 0.115 e. The van der Waals surface area contributed by atoms with Crippen molar-refractivity contribution >= 4 is 11.0 Å². The van der Waals surface area contributed by atoms with Crippen LogP contribution in [-0.2, 0) is 19.4 Å². The second kappa shape index (κ2) is 10.4. The minimum atomic E-state index is 0.380. The first kappa shape index (κ1) is 22.0. The van der Waals surface area contributed by atoms with Crippen LogP contribution in [0.15, 0.2) is 36.4 Å². The molecule has 3 N–H and O–H groups in total. The molecule has 3 aromatic rings. The van der Waals surface area contributed by atoms with Crippen molar-refractivity contribution in [1.29, 1.82) is 0 Å². The summed E-state index contributed by atoms with van der Waals surface area (Å²) in [5.41, 5.74) is 11.8. The molecule has 2 aromatic heterocycles. The molecule has 0 bridgehead atoms. The Labute approximate surface area is 186 Å². The van der Waals surface area contributed by atoms with Gasteiger partial charge in [0, 0.05) is 24.7 Å². The first-order valence-electron chi connectivity index (χ1n) is 12.0. The van der Waals surface area contributed by atoms with Crippen molar-refractivity contribution in [3.05, 3.63) is 59.2 Å². The summed E-state index contributed by atoms with van der Waals surface area (Å²) in [4.78, 5) is 10.1. The Morgan fingerprint density at radius 2 is 2.00 bits per heavy atom. The Balaban J connectivity index is 1.57. The molecule has 0 spiro atoms. The molecule has 2 heterocycles. The lowest BCUT2D eigenvalue weighted by Gasteiger charge is -2.26. The predicted molar refractivity (Wildman–Crippen MR) is 128 cm³/mol. The maximum atomic E-state index is 5.73. The fourth-order valence-corrected chi connectivity index (χ4v) is 4.62. The Bertz CT molecular complexity index is 991. The number of nitrogens with two attached hydrogens (primary N) is 1. The average Bonchev–Trinajstić information content (AvgIpc) is 3.11. The maximum absolute atomic E-state index is 5.73. The highest BCUT2D eigenvalue weighted by atomic mass is 15.1. The number of unbranched alkanes of at least 4 members (excludes halogenated alkanes) is 1. The van der Waals surface area contributed by atoms with E-state index in [9.17, 15) is 0 Å². The van der Waals surface area contributed by atoms with E-state index < -0.39 is 0 Å². The molecule has 1 atom stereocenters. The van der Waals surface area contributed by atoms with Gasteiger partial charge in [0.2, 0.25) is 0 Å². The lowest BCUT2D eigenvalue weighted by molar-refractivity contribution is 0.424. The minimum Gasteiger partial charge on any atom is -0.330 e. The number of nitrogens with one attached hydrogen (secondary N) is 1. The fraction of sp³-hybridized carbons (Fsp3) is 0.538. The van der Waals surface area contributed by atoms with Gasteiger partial charge in [0.1, 0.15) is 5.82 Å². The first-order chi connectivity index (χ1) is 15.2. The van der Waals surface area contributed by atoms with Crippen molar-refractivity contribution < 1.29 is 0 Å². The van der Waals surface area contributed by atoms with Crippen molar-refractivity contribution in [3.63, 3.8) is 0 Å². The second-order valence-electron chi connectivity index (χ2n) is 9.27. The lowest BCUT2D eigenvalue weighted by Crippen LogP contribution is -2.28. The molecule has 31 heavy (non-hydrogen) atoms. The van der Waals surface area contributed by atoms with Gasteiger partial charge in [-0.1, -0.05) is 32.0 Å². The van der Waals surface area contributed by atoms with Crippen LogP contribution in [0.25, 0.3) is 11.0 Å². The van der Waals surface area contributed by atoms with E-state index in [4.69, 9.17) is 15.7 Å². The predicted octanol–water partition coefficient (Wildman–Crippen LogP) is 4.77. The quantitative estimate of drug-likeness (QED) is 0.464. The molecule has 1 aliphatic rings. The minimum absolute atomic E-state index is 0.380. The molecular weight excluding hydrogens is 382 g/mol. The molecule has 1 aliphatic carbocycles. The van der Waals surface area contributed by atoms with Crippen LogP contribution in [0.1, 0.15) is 74.8 Å². The van der Waals surface area contributed by atoms with Gasteiger partial charge in [-0.05, 0) is 81.3 Å². The number of imidazole rings is 1. The van der Waals surface area contributed by atoms with Gasteiger partial charge >= 0.3 is 0 Å². The number of benzene rings is 1. The third kappa shape index (κ3) is 5.34. The highest BCUT2D eigenvalue weighted by molar-refractivity contribution is 5.76. The molecule has 0 saturated heterocycles. The van der Waals surface area contributed by atoms with E-state index in [1.807, 2.05) is 0 Å². The van der Waals surface area contributed by atoms with Crippen LogP contribution in [-0.4, -0.2) is 27.6 Å². The number of fused-ring (bicyclic) bond motifs is 2. The number of rotatable bonds is 10. The van der Waals surface area contributed by atoms with Crippen molar-refractivity contribution in [2.75, 3.05) is 13.1 Å². The van der Waals surface area contributed by atoms with Gasteiger partial charge in [0.15, 0.2) is 0 Å². The van der Waals surface area contributed by atoms with E-state index in [0.29, 0.717) is 6.04 Å². The lowest BCUT2D eigenvalue weighted by atomic mass is 9.91. The normalized spacial score (nSPS) is 16.2. The van der Waals surface area contributed by atoms with Gasteiger partial charge in [-0.15, -0.1) is 0 Å². The third-order valence-corrected chi connectivity index (χ3v) is 6.36. The number of nitrogens with zero attached hydrogens (tertiary/aromatic N) is 3. The summed E-state index contributed by atoms with van der Waals surface area (Å²) in [5.74, 6) is 1.83. The van der Waals surface area contributed by atoms with E-state index in [-0.39, 0.29) is 0 Å². The molecule has 5 heteroatoms. The zero-order valence-corrected chi connectivity index (χ0v) is 19.1. The highest BCUT2D eigenvalue weighted by Crippen LogP contribution is 2.29. The Kier molecular flexibility index (Phi) is 7.36. The summed E-state index contributed by atoms with van der Waals surface area (Å²) in [5, 5.41) is 3.77. The Hall–Kier alpha value is -2.24. The van der Waals surface area contributed by atoms with Crippen molar-refractivity contribution in [1.82, 2.24) is 19.9 Å². The van der Waals surface area contributed by atoms with Crippen LogP contribution in [0.5, 0.6) is 0 Å². The molecule has 0 amide bonds. The molecule has 5 nitrogen and oxygen atoms in total. The molecule has 4 rings (SSSR count). The van der Waals surface area contributed by atoms with Gasteiger partial charge in [-0.25, -0.2) is 4.98 Å². The molecule has 1 unspecified atom stereocenters. The van der Waals surface area contributed by atoms with Gasteiger partial charge in [-0.3, -0.25) is 4.98 Å². The van der Waals surface area contributed by atoms with Crippen molar-refractivity contribution in [3.8, 4) is 0 Å². The van der Waals surface area contributed by atoms with Gasteiger partial charge in [0.05, 0.1) is 16.7 Å². The monoisotopic (exact) mass is 419 g/mol. The number of hydrogen-bond donors (Lipinski definition) is 2. The summed E-state index contributed by atoms with van der Waals surface area (Å²) in [6.45, 7) is 7.32. The number of aryl methyl sites for hydroxylation is 2. The molecular formula is C26H37N5. The SMILES string of the molecule is CC(C)CCNC1CCCc2ccc(Cc3nc4ccccc4n3CCCCN)nc21. The van der Waals surface area contributed by atoms with Gasteiger partial charge < -0.3 is 15.6 Å². The van der Waals surface area contributed by atoms with Crippen molar-refractivity contribution in [2.45, 2.75) is 71.4 Å². The summed E-state index contributed by atoms with van der Waals surface area (Å²) >= 11 is 0. The summed E-state index contributed by atoms with van der Waals surface area (Å²) < 4.78 is 2.37. The topological polar surface area (TPSA) is 68.8 Å². The van der Waals surface area contributed by atoms with Gasteiger partial charge in [0.25, 0.3) is 0 Å². The Morgan fingerprint density at radius 3 is 2.84 bits per heavy atom. The van der Waals surface area contributed by atoms with Crippen LogP contribution in [0.4, 0.5) is 0 Å². The standard InChI is InChI=1S/C26H37N5/c1-19(2)14-16-28-23-10-7-8-20-12-13-21(29-26(20)23)18-25-30-22-9-3-4-11-24(22)31(25)17-6-5-15-27/h3-4,9,11-13,19,23,28H,5-8,10,14-18,27H2,1-2H3. The number of pyridine rings is 1. The van der Waals surface area contributed by atoms with Crippen LogP contribution in [0, 0.1) is 5.92 Å². The molecule has 0 fully saturated rings. The van der Waals surface area contributed by atoms with Crippen LogP contribution < -0.4 is 11.1 Å². The maximum Gasteiger partial charge on any atom is 0.115 e. The molecule has 166 valence electrons. The Morgan fingerprint density at radius 1 is 1.13 bits per heavy atom. The first-order valence-corrected chi connectivity index (χ1v) is 12.0. The highest BCUT2D eigenvalue weighted by Gasteiger charge is 2.22. The summed E-state index contributed by atoms with van der Waals surface area (Å²) in [7, 11) is 0. The van der Waals surface area contributed by atoms with E-state index in [1.165, 1.54) is 36.0 Å². The second-order valence-corrected chi connectivity index (χ2v) is 9.27. The van der Waals surface area contributed by atoms with Gasteiger partial charge in [-0.2, -0.15) is 0 Å². The van der Waals surface area contributed by atoms with Crippen LogP contribution >= 0.6 is 0 Å². The van der Waals surface area contributed by atoms with E-state index >= 15 is 0 Å². The summed E-state index contributed by atoms with van der Waals surface area (Å²) in [6, 6.07) is 13.3. The van der Waals surface area contributed by atoms with Crippen LogP contribution in [0.2, 0.25) is 0 Å². The zero-order chi connectivity index (χ0) is 21.6. The molecule has 0 radical (unpaired) electrons. The van der Waals surface area contributed by atoms with E-state index in [0.717, 1.165) is 68.3 Å². The van der Waals surface area contributed by atoms with Crippen LogP contribution in [0.3, 0.4) is 0 Å². The fourth-order valence-electron chi connectivity index (χ4n) is 4.62. The van der Waals surface area contributed by atoms with Crippen molar-refractivity contribution in [2.24, 2.45) is 11.7 Å². The zero-order valence-electron chi connectivity index (χ0n) is 19.1. The third-order valence-electron chi connectivity index (χ3n) is 6.36. The number of para-hydroxylation sites is 2. The average molecular weight is 420 g/mol. The molecule has 0 saturated carbocycles. The number of hydrogen-bond acceptors (Lipinski definition) is 4. The van der Waals surface area contributed by atoms with E-state index in [1.54, 1.807) is 0 Å². The molecule has 1 aromatic carbocycles. The largest absolute Gasteiger partial charge is 0.330 e. The van der Waals surface area contributed by atoms with E-state index in [2.05, 4.69) is 60.1 Å². The molecule has 0 aliphatic heterocycles. The number of aromatic nitrogens is 3.